The van der Waals surface area contributed by atoms with Crippen LogP contribution >= 0.6 is 11.6 Å². The summed E-state index contributed by atoms with van der Waals surface area (Å²) >= 11 is 5.98. The van der Waals surface area contributed by atoms with Crippen molar-refractivity contribution in [2.24, 2.45) is 0 Å². The number of methoxy groups -OCH3 is 1. The maximum absolute atomic E-state index is 12.5. The fourth-order valence-corrected chi connectivity index (χ4v) is 3.15. The lowest BCUT2D eigenvalue weighted by Crippen LogP contribution is -2.25. The molecule has 0 atom stereocenters. The molecule has 0 radical (unpaired) electrons. The number of allylic oxidation sites excluding steroid dienone is 3. The summed E-state index contributed by atoms with van der Waals surface area (Å²) in [6.07, 6.45) is 9.85. The van der Waals surface area contributed by atoms with Gasteiger partial charge in [0.05, 0.1) is 6.61 Å². The van der Waals surface area contributed by atoms with Gasteiger partial charge in [-0.05, 0) is 72.0 Å². The van der Waals surface area contributed by atoms with Crippen LogP contribution in [-0.4, -0.2) is 24.5 Å². The van der Waals surface area contributed by atoms with Gasteiger partial charge in [-0.25, -0.2) is 0 Å². The molecular weight excluding hydrogens is 420 g/mol. The van der Waals surface area contributed by atoms with E-state index in [2.05, 4.69) is 16.9 Å². The number of hydrogen-bond acceptors (Lipinski definition) is 3. The molecule has 3 rings (SSSR count). The highest BCUT2D eigenvalue weighted by Gasteiger charge is 2.11. The van der Waals surface area contributed by atoms with Gasteiger partial charge in [0.2, 0.25) is 0 Å². The van der Waals surface area contributed by atoms with Gasteiger partial charge in [0.15, 0.2) is 0 Å². The van der Waals surface area contributed by atoms with E-state index < -0.39 is 0 Å². The first-order chi connectivity index (χ1) is 15.6. The Morgan fingerprint density at radius 2 is 1.84 bits per heavy atom. The molecule has 1 N–H and O–H groups in total. The quantitative estimate of drug-likeness (QED) is 0.413. The standard InChI is InChI=1S/C22H21ClN2O2.C5H8/c1-27-15-19-14-18(4-7-21(19)17-2-5-20(23)6-3-17)22(26)25-13-10-16-8-11-24-12-9-16;1-3-5-4-2/h2-9,11-12,14H,10,13,15H2,1H3,(H,25,26);3-5H,1H2,2H3/b;5-4-. The molecule has 5 heteroatoms. The first-order valence-electron chi connectivity index (χ1n) is 10.4. The molecule has 0 saturated carbocycles. The number of benzene rings is 2. The topological polar surface area (TPSA) is 51.2 Å². The highest BCUT2D eigenvalue weighted by Crippen LogP contribution is 2.27. The molecule has 1 heterocycles. The van der Waals surface area contributed by atoms with Gasteiger partial charge in [0.25, 0.3) is 5.91 Å². The molecule has 0 unspecified atom stereocenters. The van der Waals surface area contributed by atoms with E-state index in [0.717, 1.165) is 28.7 Å². The third-order valence-corrected chi connectivity index (χ3v) is 4.85. The Kier molecular flexibility index (Phi) is 10.9. The Balaban J connectivity index is 0.000000654. The molecule has 166 valence electrons. The molecule has 1 amide bonds. The fraction of sp³-hybridized carbons (Fsp3) is 0.185. The predicted octanol–water partition coefficient (Wildman–Crippen LogP) is 6.27. The number of nitrogens with one attached hydrogen (secondary N) is 1. The highest BCUT2D eigenvalue weighted by molar-refractivity contribution is 6.30. The van der Waals surface area contributed by atoms with Crippen molar-refractivity contribution in [3.8, 4) is 11.1 Å². The summed E-state index contributed by atoms with van der Waals surface area (Å²) in [7, 11) is 1.65. The van der Waals surface area contributed by atoms with Crippen LogP contribution in [-0.2, 0) is 17.8 Å². The van der Waals surface area contributed by atoms with E-state index in [0.29, 0.717) is 23.7 Å². The van der Waals surface area contributed by atoms with Crippen LogP contribution in [0, 0.1) is 0 Å². The third kappa shape index (κ3) is 8.14. The van der Waals surface area contributed by atoms with Crippen LogP contribution in [0.3, 0.4) is 0 Å². The average Bonchev–Trinajstić information content (AvgIpc) is 2.81. The molecule has 2 aromatic carbocycles. The van der Waals surface area contributed by atoms with Gasteiger partial charge < -0.3 is 10.1 Å². The number of pyridine rings is 1. The van der Waals surface area contributed by atoms with Gasteiger partial charge >= 0.3 is 0 Å². The minimum atomic E-state index is -0.0935. The minimum Gasteiger partial charge on any atom is -0.380 e. The zero-order valence-electron chi connectivity index (χ0n) is 18.6. The van der Waals surface area contributed by atoms with Crippen LogP contribution in [0.15, 0.2) is 91.8 Å². The summed E-state index contributed by atoms with van der Waals surface area (Å²) in [6, 6.07) is 17.2. The van der Waals surface area contributed by atoms with Crippen LogP contribution in [0.4, 0.5) is 0 Å². The summed E-state index contributed by atoms with van der Waals surface area (Å²) in [5, 5.41) is 3.66. The number of amides is 1. The lowest BCUT2D eigenvalue weighted by Gasteiger charge is -2.12. The summed E-state index contributed by atoms with van der Waals surface area (Å²) in [5.41, 5.74) is 4.79. The Labute approximate surface area is 195 Å². The lowest BCUT2D eigenvalue weighted by atomic mass is 9.97. The molecule has 0 aliphatic carbocycles. The Bertz CT molecular complexity index is 1020. The number of halogens is 1. The normalized spacial score (nSPS) is 10.3. The number of carbonyl (C=O) groups excluding carboxylic acids is 1. The maximum atomic E-state index is 12.5. The van der Waals surface area contributed by atoms with Crippen LogP contribution < -0.4 is 5.32 Å². The zero-order valence-corrected chi connectivity index (χ0v) is 19.3. The van der Waals surface area contributed by atoms with Gasteiger partial charge in [0, 0.05) is 36.6 Å². The SMILES string of the molecule is C=C/C=C\C.COCc1cc(C(=O)NCCc2ccncc2)ccc1-c1ccc(Cl)cc1. The van der Waals surface area contributed by atoms with Gasteiger partial charge in [-0.3, -0.25) is 9.78 Å². The smallest absolute Gasteiger partial charge is 0.251 e. The fourth-order valence-electron chi connectivity index (χ4n) is 3.03. The molecule has 0 saturated heterocycles. The third-order valence-electron chi connectivity index (χ3n) is 4.60. The molecule has 0 fully saturated rings. The molecule has 1 aromatic heterocycles. The van der Waals surface area contributed by atoms with Crippen LogP contribution in [0.5, 0.6) is 0 Å². The van der Waals surface area contributed by atoms with E-state index in [9.17, 15) is 4.79 Å². The largest absolute Gasteiger partial charge is 0.380 e. The van der Waals surface area contributed by atoms with Crippen molar-refractivity contribution in [1.82, 2.24) is 10.3 Å². The number of rotatable bonds is 8. The van der Waals surface area contributed by atoms with Crippen molar-refractivity contribution >= 4 is 17.5 Å². The van der Waals surface area contributed by atoms with E-state index in [1.54, 1.807) is 25.6 Å². The minimum absolute atomic E-state index is 0.0935. The summed E-state index contributed by atoms with van der Waals surface area (Å²) in [6.45, 7) is 6.42. The number of hydrogen-bond donors (Lipinski definition) is 1. The number of nitrogens with zero attached hydrogens (tertiary/aromatic N) is 1. The molecule has 0 aliphatic heterocycles. The average molecular weight is 449 g/mol. The van der Waals surface area contributed by atoms with Crippen molar-refractivity contribution in [2.45, 2.75) is 20.0 Å². The van der Waals surface area contributed by atoms with Crippen molar-refractivity contribution in [2.75, 3.05) is 13.7 Å². The second-order valence-electron chi connectivity index (χ2n) is 6.93. The summed E-state index contributed by atoms with van der Waals surface area (Å²) < 4.78 is 5.32. The van der Waals surface area contributed by atoms with Gasteiger partial charge in [-0.2, -0.15) is 0 Å². The van der Waals surface area contributed by atoms with Crippen molar-refractivity contribution in [1.29, 1.82) is 0 Å². The van der Waals surface area contributed by atoms with E-state index in [1.807, 2.05) is 73.7 Å². The summed E-state index contributed by atoms with van der Waals surface area (Å²) in [5.74, 6) is -0.0935. The van der Waals surface area contributed by atoms with Gasteiger partial charge in [-0.1, -0.05) is 54.6 Å². The van der Waals surface area contributed by atoms with E-state index in [1.165, 1.54) is 0 Å². The molecule has 32 heavy (non-hydrogen) atoms. The number of ether oxygens (including phenoxy) is 1. The van der Waals surface area contributed by atoms with Gasteiger partial charge in [-0.15, -0.1) is 0 Å². The Morgan fingerprint density at radius 1 is 1.12 bits per heavy atom. The zero-order chi connectivity index (χ0) is 23.2. The Hall–Kier alpha value is -3.21. The number of carbonyl (C=O) groups is 1. The lowest BCUT2D eigenvalue weighted by molar-refractivity contribution is 0.0954. The molecule has 0 bridgehead atoms. The maximum Gasteiger partial charge on any atom is 0.251 e. The highest BCUT2D eigenvalue weighted by atomic mass is 35.5. The number of aromatic nitrogens is 1. The van der Waals surface area contributed by atoms with Crippen LogP contribution in [0.2, 0.25) is 5.02 Å². The summed E-state index contributed by atoms with van der Waals surface area (Å²) in [4.78, 5) is 16.5. The molecule has 4 nitrogen and oxygen atoms in total. The predicted molar refractivity (Wildman–Crippen MR) is 133 cm³/mol. The van der Waals surface area contributed by atoms with Crippen LogP contribution in [0.25, 0.3) is 11.1 Å². The molecule has 0 aliphatic rings. The first kappa shape index (κ1) is 25.1. The van der Waals surface area contributed by atoms with Crippen molar-refractivity contribution in [3.63, 3.8) is 0 Å². The van der Waals surface area contributed by atoms with E-state index in [-0.39, 0.29) is 5.91 Å². The Morgan fingerprint density at radius 3 is 2.44 bits per heavy atom. The van der Waals surface area contributed by atoms with E-state index in [4.69, 9.17) is 16.3 Å². The second-order valence-corrected chi connectivity index (χ2v) is 7.37. The van der Waals surface area contributed by atoms with Gasteiger partial charge in [0.1, 0.15) is 0 Å². The van der Waals surface area contributed by atoms with E-state index >= 15 is 0 Å². The first-order valence-corrected chi connectivity index (χ1v) is 10.8. The molecule has 3 aromatic rings. The van der Waals surface area contributed by atoms with Crippen molar-refractivity contribution < 1.29 is 9.53 Å². The monoisotopic (exact) mass is 448 g/mol. The van der Waals surface area contributed by atoms with Crippen LogP contribution in [0.1, 0.15) is 28.4 Å². The van der Waals surface area contributed by atoms with Crippen molar-refractivity contribution in [3.05, 3.63) is 114 Å². The molecule has 0 spiro atoms. The molecular formula is C27H29ClN2O2. The second kappa shape index (κ2) is 14.0.